The largest absolute Gasteiger partial charge is 0.384 e. The lowest BCUT2D eigenvalue weighted by molar-refractivity contribution is 0.102. The molecule has 5 heteroatoms. The van der Waals surface area contributed by atoms with Crippen molar-refractivity contribution in [2.75, 3.05) is 11.1 Å². The van der Waals surface area contributed by atoms with Gasteiger partial charge in [-0.15, -0.1) is 0 Å². The van der Waals surface area contributed by atoms with Crippen molar-refractivity contribution in [3.05, 3.63) is 53.0 Å². The highest BCUT2D eigenvalue weighted by Crippen LogP contribution is 2.17. The van der Waals surface area contributed by atoms with E-state index < -0.39 is 5.82 Å². The summed E-state index contributed by atoms with van der Waals surface area (Å²) in [6.45, 7) is 3.54. The fraction of sp³-hybridized carbons (Fsp3) is 0.143. The van der Waals surface area contributed by atoms with E-state index in [-0.39, 0.29) is 11.7 Å². The molecule has 0 saturated heterocycles. The predicted octanol–water partition coefficient (Wildman–Crippen LogP) is 2.67. The molecule has 0 bridgehead atoms. The molecule has 0 aliphatic rings. The number of benzene rings is 1. The summed E-state index contributed by atoms with van der Waals surface area (Å²) in [5, 5.41) is 2.66. The number of nitrogens with one attached hydrogen (secondary N) is 1. The number of halogens is 1. The minimum absolute atomic E-state index is 0.279. The number of aromatic nitrogens is 1. The van der Waals surface area contributed by atoms with Crippen molar-refractivity contribution in [1.29, 1.82) is 0 Å². The van der Waals surface area contributed by atoms with Crippen LogP contribution in [0, 0.1) is 19.7 Å². The van der Waals surface area contributed by atoms with Crippen LogP contribution >= 0.6 is 0 Å². The third-order valence-electron chi connectivity index (χ3n) is 2.68. The molecule has 0 aliphatic heterocycles. The molecule has 0 spiro atoms. The SMILES string of the molecule is Cc1cc(C(=O)Nc2cc(F)ccc2C)cc(N)n1. The zero-order valence-corrected chi connectivity index (χ0v) is 10.7. The molecule has 98 valence electrons. The molecule has 1 aromatic heterocycles. The van der Waals surface area contributed by atoms with Crippen molar-refractivity contribution in [3.8, 4) is 0 Å². The number of aryl methyl sites for hydroxylation is 2. The summed E-state index contributed by atoms with van der Waals surface area (Å²) in [5.74, 6) is -0.460. The van der Waals surface area contributed by atoms with Crippen molar-refractivity contribution < 1.29 is 9.18 Å². The van der Waals surface area contributed by atoms with E-state index in [0.29, 0.717) is 16.9 Å². The summed E-state index contributed by atoms with van der Waals surface area (Å²) in [5.41, 5.74) is 7.87. The van der Waals surface area contributed by atoms with Crippen LogP contribution in [0.4, 0.5) is 15.9 Å². The van der Waals surface area contributed by atoms with E-state index in [4.69, 9.17) is 5.73 Å². The molecular weight excluding hydrogens is 245 g/mol. The summed E-state index contributed by atoms with van der Waals surface area (Å²) < 4.78 is 13.1. The summed E-state index contributed by atoms with van der Waals surface area (Å²) >= 11 is 0. The number of amides is 1. The molecule has 0 fully saturated rings. The van der Waals surface area contributed by atoms with Gasteiger partial charge in [-0.05, 0) is 43.7 Å². The fourth-order valence-electron chi connectivity index (χ4n) is 1.75. The van der Waals surface area contributed by atoms with Gasteiger partial charge in [-0.2, -0.15) is 0 Å². The van der Waals surface area contributed by atoms with Gasteiger partial charge in [-0.1, -0.05) is 6.07 Å². The zero-order valence-electron chi connectivity index (χ0n) is 10.7. The number of hydrogen-bond acceptors (Lipinski definition) is 3. The molecule has 2 rings (SSSR count). The molecule has 4 nitrogen and oxygen atoms in total. The summed E-state index contributed by atoms with van der Waals surface area (Å²) in [6.07, 6.45) is 0. The highest BCUT2D eigenvalue weighted by molar-refractivity contribution is 6.05. The Hall–Kier alpha value is -2.43. The lowest BCUT2D eigenvalue weighted by Crippen LogP contribution is -2.14. The first-order chi connectivity index (χ1) is 8.95. The van der Waals surface area contributed by atoms with Crippen LogP contribution in [0.1, 0.15) is 21.6 Å². The first kappa shape index (κ1) is 13.0. The van der Waals surface area contributed by atoms with Crippen LogP contribution in [-0.2, 0) is 0 Å². The number of carbonyl (C=O) groups excluding carboxylic acids is 1. The van der Waals surface area contributed by atoms with Crippen LogP contribution in [0.3, 0.4) is 0 Å². The molecule has 2 aromatic rings. The number of carbonyl (C=O) groups is 1. The maximum absolute atomic E-state index is 13.1. The minimum Gasteiger partial charge on any atom is -0.384 e. The number of pyridine rings is 1. The molecule has 0 saturated carbocycles. The van der Waals surface area contributed by atoms with Crippen molar-refractivity contribution >= 4 is 17.4 Å². The van der Waals surface area contributed by atoms with Gasteiger partial charge in [0.05, 0.1) is 0 Å². The third kappa shape index (κ3) is 3.07. The molecule has 0 unspecified atom stereocenters. The van der Waals surface area contributed by atoms with E-state index in [1.165, 1.54) is 18.2 Å². The molecular formula is C14H14FN3O. The second-order valence-corrected chi connectivity index (χ2v) is 4.34. The van der Waals surface area contributed by atoms with Crippen LogP contribution in [0.15, 0.2) is 30.3 Å². The summed E-state index contributed by atoms with van der Waals surface area (Å²) in [4.78, 5) is 16.1. The normalized spacial score (nSPS) is 10.3. The van der Waals surface area contributed by atoms with Gasteiger partial charge in [0.25, 0.3) is 5.91 Å². The number of rotatable bonds is 2. The van der Waals surface area contributed by atoms with Crippen molar-refractivity contribution in [1.82, 2.24) is 4.98 Å². The van der Waals surface area contributed by atoms with E-state index in [1.54, 1.807) is 26.0 Å². The third-order valence-corrected chi connectivity index (χ3v) is 2.68. The average Bonchev–Trinajstić information content (AvgIpc) is 2.32. The Kier molecular flexibility index (Phi) is 3.46. The highest BCUT2D eigenvalue weighted by atomic mass is 19.1. The van der Waals surface area contributed by atoms with Crippen LogP contribution in [0.25, 0.3) is 0 Å². The lowest BCUT2D eigenvalue weighted by Gasteiger charge is -2.09. The summed E-state index contributed by atoms with van der Waals surface area (Å²) in [7, 11) is 0. The molecule has 0 aliphatic carbocycles. The van der Waals surface area contributed by atoms with Gasteiger partial charge in [0.2, 0.25) is 0 Å². The predicted molar refractivity (Wildman–Crippen MR) is 72.5 cm³/mol. The van der Waals surface area contributed by atoms with E-state index in [1.807, 2.05) is 0 Å². The molecule has 1 heterocycles. The van der Waals surface area contributed by atoms with Gasteiger partial charge < -0.3 is 11.1 Å². The van der Waals surface area contributed by atoms with Crippen LogP contribution in [0.5, 0.6) is 0 Å². The number of nitrogens with two attached hydrogens (primary N) is 1. The Labute approximate surface area is 110 Å². The number of nitrogen functional groups attached to an aromatic ring is 1. The first-order valence-electron chi connectivity index (χ1n) is 5.77. The van der Waals surface area contributed by atoms with E-state index in [9.17, 15) is 9.18 Å². The lowest BCUT2D eigenvalue weighted by atomic mass is 10.1. The van der Waals surface area contributed by atoms with Gasteiger partial charge in [0.1, 0.15) is 11.6 Å². The average molecular weight is 259 g/mol. The van der Waals surface area contributed by atoms with Gasteiger partial charge in [0, 0.05) is 16.9 Å². The Morgan fingerprint density at radius 1 is 1.26 bits per heavy atom. The first-order valence-corrected chi connectivity index (χ1v) is 5.77. The second kappa shape index (κ2) is 5.06. The monoisotopic (exact) mass is 259 g/mol. The zero-order chi connectivity index (χ0) is 14.0. The van der Waals surface area contributed by atoms with Gasteiger partial charge in [-0.3, -0.25) is 4.79 Å². The number of anilines is 2. The van der Waals surface area contributed by atoms with Gasteiger partial charge in [-0.25, -0.2) is 9.37 Å². The van der Waals surface area contributed by atoms with E-state index in [2.05, 4.69) is 10.3 Å². The van der Waals surface area contributed by atoms with Crippen molar-refractivity contribution in [3.63, 3.8) is 0 Å². The Bertz CT molecular complexity index is 620. The van der Waals surface area contributed by atoms with E-state index in [0.717, 1.165) is 5.56 Å². The molecule has 0 atom stereocenters. The smallest absolute Gasteiger partial charge is 0.255 e. The summed E-state index contributed by atoms with van der Waals surface area (Å²) in [6, 6.07) is 7.35. The Morgan fingerprint density at radius 2 is 2.00 bits per heavy atom. The standard InChI is InChI=1S/C14H14FN3O/c1-8-3-4-11(15)7-12(8)18-14(19)10-5-9(2)17-13(16)6-10/h3-7H,1-2H3,(H2,16,17)(H,18,19). The molecule has 1 aromatic carbocycles. The number of hydrogen-bond donors (Lipinski definition) is 2. The fourth-order valence-corrected chi connectivity index (χ4v) is 1.75. The highest BCUT2D eigenvalue weighted by Gasteiger charge is 2.10. The van der Waals surface area contributed by atoms with Crippen LogP contribution in [-0.4, -0.2) is 10.9 Å². The van der Waals surface area contributed by atoms with Gasteiger partial charge >= 0.3 is 0 Å². The van der Waals surface area contributed by atoms with Crippen molar-refractivity contribution in [2.45, 2.75) is 13.8 Å². The molecule has 19 heavy (non-hydrogen) atoms. The quantitative estimate of drug-likeness (QED) is 0.871. The van der Waals surface area contributed by atoms with Crippen molar-refractivity contribution in [2.24, 2.45) is 0 Å². The van der Waals surface area contributed by atoms with Crippen LogP contribution in [0.2, 0.25) is 0 Å². The maximum atomic E-state index is 13.1. The van der Waals surface area contributed by atoms with Crippen LogP contribution < -0.4 is 11.1 Å². The Morgan fingerprint density at radius 3 is 2.68 bits per heavy atom. The second-order valence-electron chi connectivity index (χ2n) is 4.34. The Balaban J connectivity index is 2.28. The maximum Gasteiger partial charge on any atom is 0.255 e. The molecule has 1 amide bonds. The topological polar surface area (TPSA) is 68.0 Å². The molecule has 0 radical (unpaired) electrons. The molecule has 3 N–H and O–H groups in total. The number of nitrogens with zero attached hydrogens (tertiary/aromatic N) is 1. The van der Waals surface area contributed by atoms with Gasteiger partial charge in [0.15, 0.2) is 0 Å². The minimum atomic E-state index is -0.397. The van der Waals surface area contributed by atoms with E-state index >= 15 is 0 Å².